The molecule has 0 aliphatic rings. The fourth-order valence-electron chi connectivity index (χ4n) is 3.28. The maximum Gasteiger partial charge on any atom is 0.344 e. The van der Waals surface area contributed by atoms with Crippen LogP contribution in [0.5, 0.6) is 5.75 Å². The van der Waals surface area contributed by atoms with E-state index in [1.165, 1.54) is 0 Å². The van der Waals surface area contributed by atoms with Gasteiger partial charge in [0, 0.05) is 5.39 Å². The van der Waals surface area contributed by atoms with Gasteiger partial charge in [-0.2, -0.15) is 0 Å². The Balaban J connectivity index is 2.21. The molecule has 26 heavy (non-hydrogen) atoms. The van der Waals surface area contributed by atoms with E-state index < -0.39 is 0 Å². The molecule has 0 saturated heterocycles. The lowest BCUT2D eigenvalue weighted by Gasteiger charge is -2.21. The molecule has 0 atom stereocenters. The highest BCUT2D eigenvalue weighted by Gasteiger charge is 2.16. The van der Waals surface area contributed by atoms with E-state index in [1.807, 2.05) is 39.0 Å². The van der Waals surface area contributed by atoms with Crippen LogP contribution in [0.2, 0.25) is 0 Å². The van der Waals surface area contributed by atoms with Crippen molar-refractivity contribution in [3.63, 3.8) is 0 Å². The van der Waals surface area contributed by atoms with Crippen molar-refractivity contribution in [3.8, 4) is 16.9 Å². The van der Waals surface area contributed by atoms with E-state index in [-0.39, 0.29) is 11.2 Å². The highest BCUT2D eigenvalue weighted by molar-refractivity contribution is 5.84. The Hall–Kier alpha value is -2.55. The highest BCUT2D eigenvalue weighted by Crippen LogP contribution is 2.30. The summed E-state index contributed by atoms with van der Waals surface area (Å²) in [5.41, 5.74) is 3.96. The molecule has 0 spiro atoms. The van der Waals surface area contributed by atoms with E-state index in [1.54, 1.807) is 6.07 Å². The van der Waals surface area contributed by atoms with Gasteiger partial charge >= 0.3 is 5.63 Å². The summed E-state index contributed by atoms with van der Waals surface area (Å²) >= 11 is 0. The SMILES string of the molecule is CCc1cccc(CC)c1-c1cc2cc(OC(C)(C)C)ccc2oc1=O. The molecule has 0 saturated carbocycles. The molecule has 1 heterocycles. The maximum atomic E-state index is 12.7. The molecular formula is C23H26O3. The minimum atomic E-state index is -0.294. The van der Waals surface area contributed by atoms with Gasteiger partial charge < -0.3 is 9.15 Å². The van der Waals surface area contributed by atoms with Gasteiger partial charge in [-0.05, 0) is 74.6 Å². The van der Waals surface area contributed by atoms with Gasteiger partial charge in [0.15, 0.2) is 0 Å². The number of rotatable bonds is 4. The van der Waals surface area contributed by atoms with Crippen molar-refractivity contribution in [2.24, 2.45) is 0 Å². The highest BCUT2D eigenvalue weighted by atomic mass is 16.5. The monoisotopic (exact) mass is 350 g/mol. The Morgan fingerprint density at radius 2 is 1.62 bits per heavy atom. The fourth-order valence-corrected chi connectivity index (χ4v) is 3.28. The molecule has 3 aromatic rings. The van der Waals surface area contributed by atoms with Gasteiger partial charge in [-0.3, -0.25) is 0 Å². The molecule has 0 amide bonds. The van der Waals surface area contributed by atoms with Gasteiger partial charge in [-0.15, -0.1) is 0 Å². The van der Waals surface area contributed by atoms with Crippen LogP contribution in [0.1, 0.15) is 45.7 Å². The van der Waals surface area contributed by atoms with Crippen molar-refractivity contribution in [1.82, 2.24) is 0 Å². The lowest BCUT2D eigenvalue weighted by Crippen LogP contribution is -2.22. The van der Waals surface area contributed by atoms with Gasteiger partial charge in [-0.25, -0.2) is 4.79 Å². The zero-order valence-electron chi connectivity index (χ0n) is 16.2. The third kappa shape index (κ3) is 3.67. The lowest BCUT2D eigenvalue weighted by atomic mass is 9.92. The zero-order chi connectivity index (χ0) is 18.9. The molecule has 0 radical (unpaired) electrons. The molecule has 0 aliphatic carbocycles. The molecule has 0 fully saturated rings. The molecule has 0 aliphatic heterocycles. The van der Waals surface area contributed by atoms with Crippen LogP contribution in [-0.2, 0) is 12.8 Å². The number of hydrogen-bond donors (Lipinski definition) is 0. The minimum absolute atomic E-state index is 0.281. The average molecular weight is 350 g/mol. The molecule has 3 nitrogen and oxygen atoms in total. The Labute approximate surface area is 154 Å². The summed E-state index contributed by atoms with van der Waals surface area (Å²) in [5.74, 6) is 0.768. The first-order chi connectivity index (χ1) is 12.3. The third-order valence-electron chi connectivity index (χ3n) is 4.40. The quantitative estimate of drug-likeness (QED) is 0.561. The number of ether oxygens (including phenoxy) is 1. The molecule has 1 aromatic heterocycles. The lowest BCUT2D eigenvalue weighted by molar-refractivity contribution is 0.131. The molecule has 3 rings (SSSR count). The first-order valence-corrected chi connectivity index (χ1v) is 9.20. The van der Waals surface area contributed by atoms with Crippen LogP contribution in [0.3, 0.4) is 0 Å². The van der Waals surface area contributed by atoms with Crippen LogP contribution in [-0.4, -0.2) is 5.60 Å². The molecule has 2 aromatic carbocycles. The van der Waals surface area contributed by atoms with Crippen molar-refractivity contribution < 1.29 is 9.15 Å². The number of benzene rings is 2. The van der Waals surface area contributed by atoms with Gasteiger partial charge in [-0.1, -0.05) is 32.0 Å². The standard InChI is InChI=1S/C23H26O3/c1-6-15-9-8-10-16(7-2)21(15)19-14-17-13-18(26-23(3,4)5)11-12-20(17)25-22(19)24/h8-14H,6-7H2,1-5H3. The van der Waals surface area contributed by atoms with Crippen LogP contribution < -0.4 is 10.4 Å². The molecular weight excluding hydrogens is 324 g/mol. The second-order valence-electron chi connectivity index (χ2n) is 7.52. The smallest absolute Gasteiger partial charge is 0.344 e. The number of aryl methyl sites for hydroxylation is 2. The summed E-state index contributed by atoms with van der Waals surface area (Å²) in [6, 6.07) is 13.7. The molecule has 0 bridgehead atoms. The van der Waals surface area contributed by atoms with Crippen molar-refractivity contribution in [1.29, 1.82) is 0 Å². The number of hydrogen-bond acceptors (Lipinski definition) is 3. The van der Waals surface area contributed by atoms with Crippen molar-refractivity contribution in [2.75, 3.05) is 0 Å². The predicted molar refractivity (Wildman–Crippen MR) is 107 cm³/mol. The zero-order valence-corrected chi connectivity index (χ0v) is 16.2. The van der Waals surface area contributed by atoms with Gasteiger partial charge in [0.1, 0.15) is 16.9 Å². The first-order valence-electron chi connectivity index (χ1n) is 9.20. The van der Waals surface area contributed by atoms with Crippen molar-refractivity contribution in [2.45, 2.75) is 53.1 Å². The van der Waals surface area contributed by atoms with Crippen LogP contribution in [0.4, 0.5) is 0 Å². The fraction of sp³-hybridized carbons (Fsp3) is 0.348. The van der Waals surface area contributed by atoms with Gasteiger partial charge in [0.25, 0.3) is 0 Å². The second kappa shape index (κ2) is 6.99. The average Bonchev–Trinajstić information content (AvgIpc) is 2.59. The largest absolute Gasteiger partial charge is 0.488 e. The molecule has 136 valence electrons. The van der Waals surface area contributed by atoms with Crippen LogP contribution >= 0.6 is 0 Å². The van der Waals surface area contributed by atoms with Crippen molar-refractivity contribution in [3.05, 3.63) is 64.0 Å². The first kappa shape index (κ1) is 18.2. The third-order valence-corrected chi connectivity index (χ3v) is 4.40. The molecule has 0 unspecified atom stereocenters. The minimum Gasteiger partial charge on any atom is -0.488 e. The Morgan fingerprint density at radius 3 is 2.19 bits per heavy atom. The summed E-state index contributed by atoms with van der Waals surface area (Å²) < 4.78 is 11.6. The van der Waals surface area contributed by atoms with Crippen LogP contribution in [0.15, 0.2) is 51.7 Å². The second-order valence-corrected chi connectivity index (χ2v) is 7.52. The Bertz CT molecular complexity index is 968. The van der Waals surface area contributed by atoms with Crippen LogP contribution in [0.25, 0.3) is 22.1 Å². The normalized spacial score (nSPS) is 11.7. The molecule has 3 heteroatoms. The Morgan fingerprint density at radius 1 is 0.962 bits per heavy atom. The van der Waals surface area contributed by atoms with E-state index in [9.17, 15) is 4.79 Å². The molecule has 0 N–H and O–H groups in total. The summed E-state index contributed by atoms with van der Waals surface area (Å²) in [6.45, 7) is 10.3. The van der Waals surface area contributed by atoms with E-state index in [0.29, 0.717) is 11.1 Å². The summed E-state index contributed by atoms with van der Waals surface area (Å²) in [4.78, 5) is 12.7. The Kier molecular flexibility index (Phi) is 4.90. The van der Waals surface area contributed by atoms with Gasteiger partial charge in [0.2, 0.25) is 0 Å². The predicted octanol–water partition coefficient (Wildman–Crippen LogP) is 5.76. The van der Waals surface area contributed by atoms with Gasteiger partial charge in [0.05, 0.1) is 5.56 Å². The van der Waals surface area contributed by atoms with E-state index in [0.717, 1.165) is 40.7 Å². The van der Waals surface area contributed by atoms with Crippen LogP contribution in [0, 0.1) is 0 Å². The van der Waals surface area contributed by atoms with Crippen molar-refractivity contribution >= 4 is 11.0 Å². The summed E-state index contributed by atoms with van der Waals surface area (Å²) in [7, 11) is 0. The van der Waals surface area contributed by atoms with E-state index >= 15 is 0 Å². The topological polar surface area (TPSA) is 39.4 Å². The summed E-state index contributed by atoms with van der Waals surface area (Å²) in [6.07, 6.45) is 1.74. The van der Waals surface area contributed by atoms with E-state index in [2.05, 4.69) is 32.0 Å². The van der Waals surface area contributed by atoms with E-state index in [4.69, 9.17) is 9.15 Å². The maximum absolute atomic E-state index is 12.7. The number of fused-ring (bicyclic) bond motifs is 1. The summed E-state index contributed by atoms with van der Waals surface area (Å²) in [5, 5.41) is 0.870.